The molecule has 1 aliphatic heterocycles. The van der Waals surface area contributed by atoms with Crippen LogP contribution in [-0.2, 0) is 22.4 Å². The zero-order valence-electron chi connectivity index (χ0n) is 18.5. The summed E-state index contributed by atoms with van der Waals surface area (Å²) >= 11 is 0. The Hall–Kier alpha value is -2.95. The van der Waals surface area contributed by atoms with Crippen LogP contribution in [0.5, 0.6) is 0 Å². The first-order valence-electron chi connectivity index (χ1n) is 11.3. The van der Waals surface area contributed by atoms with Crippen LogP contribution >= 0.6 is 0 Å². The minimum absolute atomic E-state index is 0.121. The fourth-order valence-electron chi connectivity index (χ4n) is 5.02. The molecule has 2 aliphatic rings. The van der Waals surface area contributed by atoms with Crippen molar-refractivity contribution in [3.63, 3.8) is 0 Å². The van der Waals surface area contributed by atoms with E-state index in [0.717, 1.165) is 48.9 Å². The summed E-state index contributed by atoms with van der Waals surface area (Å²) in [5.74, 6) is -0.459. The third-order valence-electron chi connectivity index (χ3n) is 6.79. The summed E-state index contributed by atoms with van der Waals surface area (Å²) in [5, 5.41) is 3.07. The van der Waals surface area contributed by atoms with Gasteiger partial charge in [0.05, 0.1) is 17.5 Å². The van der Waals surface area contributed by atoms with E-state index in [1.807, 2.05) is 18.2 Å². The lowest BCUT2D eigenvalue weighted by Gasteiger charge is -2.25. The summed E-state index contributed by atoms with van der Waals surface area (Å²) in [6.07, 6.45) is 4.15. The molecule has 2 fully saturated rings. The lowest BCUT2D eigenvalue weighted by molar-refractivity contribution is -0.122. The number of rotatable bonds is 5. The smallest absolute Gasteiger partial charge is 0.255 e. The molecule has 0 bridgehead atoms. The van der Waals surface area contributed by atoms with Crippen molar-refractivity contribution in [3.8, 4) is 0 Å². The quantitative estimate of drug-likeness (QED) is 0.696. The van der Waals surface area contributed by atoms with Crippen LogP contribution in [0.1, 0.15) is 61.5 Å². The normalized spacial score (nSPS) is 23.1. The molecule has 0 radical (unpaired) electrons. The van der Waals surface area contributed by atoms with E-state index in [9.17, 15) is 14.4 Å². The molecule has 0 aromatic heterocycles. The SMILES string of the molecule is CCc1cccc(CC)c1NC(=O)c1cccc(N2C(=O)[C@H]3CC[C@H](C)C[C@@H]3C2=O)c1. The number of imide groups is 1. The van der Waals surface area contributed by atoms with E-state index in [2.05, 4.69) is 26.1 Å². The highest BCUT2D eigenvalue weighted by Gasteiger charge is 2.50. The van der Waals surface area contributed by atoms with Crippen molar-refractivity contribution >= 4 is 29.1 Å². The Kier molecular flexibility index (Phi) is 5.94. The van der Waals surface area contributed by atoms with Crippen molar-refractivity contribution < 1.29 is 14.4 Å². The van der Waals surface area contributed by atoms with Crippen molar-refractivity contribution in [1.29, 1.82) is 0 Å². The van der Waals surface area contributed by atoms with E-state index >= 15 is 0 Å². The molecule has 3 atom stereocenters. The first-order chi connectivity index (χ1) is 14.9. The molecular weight excluding hydrogens is 388 g/mol. The number of fused-ring (bicyclic) bond motifs is 1. The lowest BCUT2D eigenvalue weighted by atomic mass is 9.76. The summed E-state index contributed by atoms with van der Waals surface area (Å²) in [7, 11) is 0. The summed E-state index contributed by atoms with van der Waals surface area (Å²) in [5.41, 5.74) is 3.97. The second-order valence-electron chi connectivity index (χ2n) is 8.81. The van der Waals surface area contributed by atoms with Gasteiger partial charge in [-0.15, -0.1) is 0 Å². The fraction of sp³-hybridized carbons (Fsp3) is 0.423. The van der Waals surface area contributed by atoms with Crippen molar-refractivity contribution in [3.05, 3.63) is 59.2 Å². The molecule has 1 heterocycles. The van der Waals surface area contributed by atoms with Gasteiger partial charge < -0.3 is 5.32 Å². The highest BCUT2D eigenvalue weighted by Crippen LogP contribution is 2.42. The van der Waals surface area contributed by atoms with Crippen LogP contribution in [0.25, 0.3) is 0 Å². The maximum absolute atomic E-state index is 13.1. The number of nitrogens with one attached hydrogen (secondary N) is 1. The van der Waals surface area contributed by atoms with Crippen molar-refractivity contribution in [2.45, 2.75) is 52.9 Å². The van der Waals surface area contributed by atoms with Crippen LogP contribution in [0.15, 0.2) is 42.5 Å². The van der Waals surface area contributed by atoms with Crippen molar-refractivity contribution in [1.82, 2.24) is 0 Å². The number of anilines is 2. The minimum Gasteiger partial charge on any atom is -0.321 e. The first kappa shape index (κ1) is 21.3. The molecule has 0 unspecified atom stereocenters. The molecule has 4 rings (SSSR count). The van der Waals surface area contributed by atoms with Gasteiger partial charge in [-0.05, 0) is 67.3 Å². The predicted octanol–water partition coefficient (Wildman–Crippen LogP) is 4.99. The molecule has 2 aromatic carbocycles. The molecule has 5 nitrogen and oxygen atoms in total. The molecular formula is C26H30N2O3. The van der Waals surface area contributed by atoms with Crippen LogP contribution < -0.4 is 10.2 Å². The summed E-state index contributed by atoms with van der Waals surface area (Å²) in [4.78, 5) is 40.4. The van der Waals surface area contributed by atoms with Gasteiger partial charge in [0.1, 0.15) is 0 Å². The molecule has 2 aromatic rings. The fourth-order valence-corrected chi connectivity index (χ4v) is 5.02. The minimum atomic E-state index is -0.234. The van der Waals surface area contributed by atoms with Crippen LogP contribution in [0.3, 0.4) is 0 Å². The van der Waals surface area contributed by atoms with E-state index in [4.69, 9.17) is 0 Å². The average Bonchev–Trinajstić information content (AvgIpc) is 3.03. The van der Waals surface area contributed by atoms with Gasteiger partial charge in [0.2, 0.25) is 11.8 Å². The van der Waals surface area contributed by atoms with E-state index in [1.165, 1.54) is 4.90 Å². The zero-order chi connectivity index (χ0) is 22.1. The van der Waals surface area contributed by atoms with Gasteiger partial charge in [-0.3, -0.25) is 19.3 Å². The predicted molar refractivity (Wildman–Crippen MR) is 122 cm³/mol. The third kappa shape index (κ3) is 3.89. The number of benzene rings is 2. The maximum Gasteiger partial charge on any atom is 0.255 e. The maximum atomic E-state index is 13.1. The van der Waals surface area contributed by atoms with E-state index in [1.54, 1.807) is 24.3 Å². The Morgan fingerprint density at radius 2 is 1.61 bits per heavy atom. The Morgan fingerprint density at radius 1 is 0.968 bits per heavy atom. The standard InChI is InChI=1S/C26H30N2O3/c1-4-17-8-6-9-18(5-2)23(17)27-24(29)19-10-7-11-20(15-19)28-25(30)21-13-12-16(3)14-22(21)26(28)31/h6-11,15-16,21-22H,4-5,12-14H2,1-3H3,(H,27,29)/t16-,21-,22-/m0/s1. The highest BCUT2D eigenvalue weighted by atomic mass is 16.2. The lowest BCUT2D eigenvalue weighted by Crippen LogP contribution is -2.31. The molecule has 31 heavy (non-hydrogen) atoms. The van der Waals surface area contributed by atoms with E-state index in [-0.39, 0.29) is 29.6 Å². The molecule has 1 saturated carbocycles. The Bertz CT molecular complexity index is 1010. The van der Waals surface area contributed by atoms with Crippen LogP contribution in [0.4, 0.5) is 11.4 Å². The Labute approximate surface area is 183 Å². The Balaban J connectivity index is 1.60. The zero-order valence-corrected chi connectivity index (χ0v) is 18.5. The third-order valence-corrected chi connectivity index (χ3v) is 6.79. The number of nitrogens with zero attached hydrogens (tertiary/aromatic N) is 1. The van der Waals surface area contributed by atoms with Gasteiger partial charge in [-0.25, -0.2) is 0 Å². The molecule has 3 amide bonds. The monoisotopic (exact) mass is 418 g/mol. The van der Waals surface area contributed by atoms with Crippen LogP contribution in [0.2, 0.25) is 0 Å². The molecule has 1 aliphatic carbocycles. The van der Waals surface area contributed by atoms with Gasteiger partial charge >= 0.3 is 0 Å². The second kappa shape index (κ2) is 8.66. The molecule has 162 valence electrons. The topological polar surface area (TPSA) is 66.5 Å². The first-order valence-corrected chi connectivity index (χ1v) is 11.3. The van der Waals surface area contributed by atoms with Crippen molar-refractivity contribution in [2.75, 3.05) is 10.2 Å². The number of aryl methyl sites for hydroxylation is 2. The Morgan fingerprint density at radius 3 is 2.29 bits per heavy atom. The van der Waals surface area contributed by atoms with E-state index in [0.29, 0.717) is 17.2 Å². The number of hydrogen-bond donors (Lipinski definition) is 1. The highest BCUT2D eigenvalue weighted by molar-refractivity contribution is 6.22. The van der Waals surface area contributed by atoms with Gasteiger partial charge in [-0.1, -0.05) is 45.0 Å². The number of carbonyl (C=O) groups is 3. The number of amides is 3. The molecule has 5 heteroatoms. The summed E-state index contributed by atoms with van der Waals surface area (Å²) in [6.45, 7) is 6.27. The van der Waals surface area contributed by atoms with Crippen LogP contribution in [-0.4, -0.2) is 17.7 Å². The number of para-hydroxylation sites is 1. The number of carbonyl (C=O) groups excluding carboxylic acids is 3. The second-order valence-corrected chi connectivity index (χ2v) is 8.81. The number of hydrogen-bond acceptors (Lipinski definition) is 3. The summed E-state index contributed by atoms with van der Waals surface area (Å²) < 4.78 is 0. The van der Waals surface area contributed by atoms with Gasteiger partial charge in [0.15, 0.2) is 0 Å². The van der Waals surface area contributed by atoms with Gasteiger partial charge in [0.25, 0.3) is 5.91 Å². The molecule has 0 spiro atoms. The van der Waals surface area contributed by atoms with Crippen LogP contribution in [0, 0.1) is 17.8 Å². The molecule has 1 saturated heterocycles. The average molecular weight is 419 g/mol. The van der Waals surface area contributed by atoms with E-state index < -0.39 is 0 Å². The van der Waals surface area contributed by atoms with Gasteiger partial charge in [0, 0.05) is 11.3 Å². The largest absolute Gasteiger partial charge is 0.321 e. The molecule has 1 N–H and O–H groups in total. The van der Waals surface area contributed by atoms with Gasteiger partial charge in [-0.2, -0.15) is 0 Å². The van der Waals surface area contributed by atoms with Crippen molar-refractivity contribution in [2.24, 2.45) is 17.8 Å². The summed E-state index contributed by atoms with van der Waals surface area (Å²) in [6, 6.07) is 12.9.